The number of rotatable bonds is 3. The monoisotopic (exact) mass is 463 g/mol. The topological polar surface area (TPSA) is 102 Å². The molecule has 1 aromatic carbocycles. The van der Waals surface area contributed by atoms with E-state index in [1.807, 2.05) is 25.7 Å². The highest BCUT2D eigenvalue weighted by atomic mass is 16.6. The Morgan fingerprint density at radius 3 is 2.47 bits per heavy atom. The second-order valence-electron chi connectivity index (χ2n) is 11.0. The Bertz CT molecular complexity index is 1090. The second-order valence-corrected chi connectivity index (χ2v) is 11.0. The van der Waals surface area contributed by atoms with Crippen LogP contribution in [0.4, 0.5) is 4.79 Å². The van der Waals surface area contributed by atoms with Gasteiger partial charge < -0.3 is 15.4 Å². The van der Waals surface area contributed by atoms with E-state index in [1.54, 1.807) is 6.20 Å². The van der Waals surface area contributed by atoms with E-state index in [4.69, 9.17) is 10.5 Å². The molecule has 34 heavy (non-hydrogen) atoms. The summed E-state index contributed by atoms with van der Waals surface area (Å²) in [4.78, 5) is 36.6. The lowest BCUT2D eigenvalue weighted by Crippen LogP contribution is -2.61. The van der Waals surface area contributed by atoms with Crippen LogP contribution in [0.15, 0.2) is 30.6 Å². The van der Waals surface area contributed by atoms with Crippen molar-refractivity contribution in [1.29, 1.82) is 0 Å². The molecular formula is C26H33N5O3. The number of amides is 2. The fourth-order valence-corrected chi connectivity index (χ4v) is 5.58. The largest absolute Gasteiger partial charge is 0.444 e. The van der Waals surface area contributed by atoms with Crippen molar-refractivity contribution in [2.75, 3.05) is 26.2 Å². The van der Waals surface area contributed by atoms with Gasteiger partial charge in [-0.3, -0.25) is 14.7 Å². The Hall–Kier alpha value is -3.00. The van der Waals surface area contributed by atoms with Crippen molar-refractivity contribution in [2.45, 2.75) is 58.1 Å². The summed E-state index contributed by atoms with van der Waals surface area (Å²) in [5.41, 5.74) is 9.85. The van der Waals surface area contributed by atoms with Crippen molar-refractivity contribution in [3.8, 4) is 11.3 Å². The zero-order valence-electron chi connectivity index (χ0n) is 20.2. The number of primary amides is 1. The maximum Gasteiger partial charge on any atom is 0.410 e. The standard InChI is InChI=1S/C26H33N5O3/c1-25(2,3)34-24(33)30-10-8-26(9-11-30)15-31(16-26)22-7-5-17-12-18(4-6-19(17)22)20-13-29-21(14-28-20)23(27)32/h4,6,12-14,22H,5,7-11,15-16H2,1-3H3,(H2,27,32). The molecule has 0 saturated carbocycles. The molecule has 2 fully saturated rings. The number of carbonyl (C=O) groups is 2. The quantitative estimate of drug-likeness (QED) is 0.747. The first-order chi connectivity index (χ1) is 16.1. The number of nitrogens with zero attached hydrogens (tertiary/aromatic N) is 4. The average Bonchev–Trinajstić information content (AvgIpc) is 3.19. The van der Waals surface area contributed by atoms with Crippen LogP contribution in [0.1, 0.15) is 67.7 Å². The van der Waals surface area contributed by atoms with E-state index in [0.29, 0.717) is 11.5 Å². The number of piperidine rings is 1. The third-order valence-electron chi connectivity index (χ3n) is 7.38. The van der Waals surface area contributed by atoms with Gasteiger partial charge in [0.1, 0.15) is 11.3 Å². The van der Waals surface area contributed by atoms with Crippen molar-refractivity contribution < 1.29 is 14.3 Å². The van der Waals surface area contributed by atoms with Gasteiger partial charge >= 0.3 is 6.09 Å². The first-order valence-electron chi connectivity index (χ1n) is 12.1. The molecule has 1 aliphatic carbocycles. The number of ether oxygens (including phenoxy) is 1. The SMILES string of the molecule is CC(C)(C)OC(=O)N1CCC2(CC1)CN(C1CCc3cc(-c4cnc(C(N)=O)cn4)ccc31)C2. The molecule has 1 unspecified atom stereocenters. The van der Waals surface area contributed by atoms with Gasteiger partial charge in [-0.25, -0.2) is 9.78 Å². The van der Waals surface area contributed by atoms with Gasteiger partial charge in [-0.05, 0) is 69.1 Å². The second kappa shape index (κ2) is 8.34. The predicted octanol–water partition coefficient (Wildman–Crippen LogP) is 3.56. The van der Waals surface area contributed by atoms with E-state index in [0.717, 1.165) is 63.1 Å². The number of carbonyl (C=O) groups excluding carboxylic acids is 2. The van der Waals surface area contributed by atoms with E-state index in [-0.39, 0.29) is 11.8 Å². The number of aryl methyl sites for hydroxylation is 1. The van der Waals surface area contributed by atoms with Crippen LogP contribution in [0, 0.1) is 5.41 Å². The number of aromatic nitrogens is 2. The number of fused-ring (bicyclic) bond motifs is 1. The number of hydrogen-bond acceptors (Lipinski definition) is 6. The van der Waals surface area contributed by atoms with Gasteiger partial charge in [-0.1, -0.05) is 12.1 Å². The van der Waals surface area contributed by atoms with Crippen molar-refractivity contribution >= 4 is 12.0 Å². The van der Waals surface area contributed by atoms with E-state index in [9.17, 15) is 9.59 Å². The zero-order valence-corrected chi connectivity index (χ0v) is 20.2. The average molecular weight is 464 g/mol. The van der Waals surface area contributed by atoms with Crippen LogP contribution in [0.25, 0.3) is 11.3 Å². The van der Waals surface area contributed by atoms with Crippen molar-refractivity contribution in [2.24, 2.45) is 11.1 Å². The minimum Gasteiger partial charge on any atom is -0.444 e. The molecule has 1 atom stereocenters. The van der Waals surface area contributed by atoms with Gasteiger partial charge in [0.2, 0.25) is 0 Å². The highest BCUT2D eigenvalue weighted by Crippen LogP contribution is 2.48. The van der Waals surface area contributed by atoms with Crippen molar-refractivity contribution in [3.05, 3.63) is 47.4 Å². The fraction of sp³-hybridized carbons (Fsp3) is 0.538. The Morgan fingerprint density at radius 2 is 1.85 bits per heavy atom. The molecule has 2 amide bonds. The lowest BCUT2D eigenvalue weighted by Gasteiger charge is -2.56. The molecule has 8 nitrogen and oxygen atoms in total. The third kappa shape index (κ3) is 4.39. The molecule has 1 spiro atoms. The summed E-state index contributed by atoms with van der Waals surface area (Å²) < 4.78 is 5.54. The van der Waals surface area contributed by atoms with Crippen LogP contribution in [-0.4, -0.2) is 63.5 Å². The van der Waals surface area contributed by atoms with Crippen LogP contribution in [0.5, 0.6) is 0 Å². The fourth-order valence-electron chi connectivity index (χ4n) is 5.58. The Labute approximate surface area is 200 Å². The summed E-state index contributed by atoms with van der Waals surface area (Å²) in [5, 5.41) is 0. The van der Waals surface area contributed by atoms with Crippen LogP contribution in [0.2, 0.25) is 0 Å². The number of likely N-dealkylation sites (tertiary alicyclic amines) is 2. The van der Waals surface area contributed by atoms with E-state index in [2.05, 4.69) is 33.1 Å². The molecule has 0 bridgehead atoms. The van der Waals surface area contributed by atoms with E-state index in [1.165, 1.54) is 17.3 Å². The first kappa shape index (κ1) is 22.8. The predicted molar refractivity (Wildman–Crippen MR) is 128 cm³/mol. The lowest BCUT2D eigenvalue weighted by atomic mass is 9.71. The molecular weight excluding hydrogens is 430 g/mol. The molecule has 3 aliphatic rings. The van der Waals surface area contributed by atoms with E-state index >= 15 is 0 Å². The van der Waals surface area contributed by atoms with Crippen LogP contribution in [-0.2, 0) is 11.2 Å². The molecule has 0 radical (unpaired) electrons. The van der Waals surface area contributed by atoms with E-state index < -0.39 is 11.5 Å². The molecule has 5 rings (SSSR count). The van der Waals surface area contributed by atoms with Crippen molar-refractivity contribution in [1.82, 2.24) is 19.8 Å². The molecule has 180 valence electrons. The minimum absolute atomic E-state index is 0.175. The molecule has 8 heteroatoms. The summed E-state index contributed by atoms with van der Waals surface area (Å²) in [6.07, 6.45) is 7.12. The Kier molecular flexibility index (Phi) is 5.59. The molecule has 2 aromatic rings. The first-order valence-corrected chi connectivity index (χ1v) is 12.1. The minimum atomic E-state index is -0.571. The number of benzene rings is 1. The van der Waals surface area contributed by atoms with Crippen LogP contribution < -0.4 is 5.73 Å². The van der Waals surface area contributed by atoms with Gasteiger partial charge in [0, 0.05) is 37.8 Å². The molecule has 1 aromatic heterocycles. The summed E-state index contributed by atoms with van der Waals surface area (Å²) in [6.45, 7) is 9.49. The van der Waals surface area contributed by atoms with Gasteiger partial charge in [0.25, 0.3) is 5.91 Å². The number of hydrogen-bond donors (Lipinski definition) is 1. The van der Waals surface area contributed by atoms with Crippen LogP contribution in [0.3, 0.4) is 0 Å². The maximum absolute atomic E-state index is 12.4. The summed E-state index contributed by atoms with van der Waals surface area (Å²) in [7, 11) is 0. The van der Waals surface area contributed by atoms with Gasteiger partial charge in [-0.15, -0.1) is 0 Å². The Morgan fingerprint density at radius 1 is 1.12 bits per heavy atom. The summed E-state index contributed by atoms with van der Waals surface area (Å²) in [6, 6.07) is 6.99. The van der Waals surface area contributed by atoms with Crippen LogP contribution >= 0.6 is 0 Å². The molecule has 2 N–H and O–H groups in total. The van der Waals surface area contributed by atoms with Crippen molar-refractivity contribution in [3.63, 3.8) is 0 Å². The summed E-state index contributed by atoms with van der Waals surface area (Å²) in [5.74, 6) is -0.571. The van der Waals surface area contributed by atoms with Gasteiger partial charge in [0.15, 0.2) is 0 Å². The lowest BCUT2D eigenvalue weighted by molar-refractivity contribution is -0.0716. The zero-order chi connectivity index (χ0) is 24.1. The Balaban J connectivity index is 1.19. The molecule has 3 heterocycles. The number of nitrogens with two attached hydrogens (primary N) is 1. The maximum atomic E-state index is 12.4. The van der Waals surface area contributed by atoms with Gasteiger partial charge in [0.05, 0.1) is 18.1 Å². The van der Waals surface area contributed by atoms with Gasteiger partial charge in [-0.2, -0.15) is 0 Å². The molecule has 2 saturated heterocycles. The third-order valence-corrected chi connectivity index (χ3v) is 7.38. The highest BCUT2D eigenvalue weighted by molar-refractivity contribution is 5.90. The highest BCUT2D eigenvalue weighted by Gasteiger charge is 2.48. The normalized spacial score (nSPS) is 21.7. The molecule has 2 aliphatic heterocycles. The summed E-state index contributed by atoms with van der Waals surface area (Å²) >= 11 is 0. The smallest absolute Gasteiger partial charge is 0.410 e.